The van der Waals surface area contributed by atoms with Crippen LogP contribution in [0.15, 0.2) is 72.8 Å². The summed E-state index contributed by atoms with van der Waals surface area (Å²) in [6, 6.07) is 15.9. The summed E-state index contributed by atoms with van der Waals surface area (Å²) in [5.41, 5.74) is -0.293. The van der Waals surface area contributed by atoms with Crippen molar-refractivity contribution in [2.75, 3.05) is 24.2 Å². The highest BCUT2D eigenvalue weighted by atomic mass is 35.5. The molecule has 0 heterocycles. The molecule has 0 saturated carbocycles. The molecule has 0 spiro atoms. The molecule has 1 N–H and O–H groups in total. The molecule has 13 heteroatoms. The SMILES string of the molecule is CNC(=O)[C@H](Cc1ccccc1)N(Cc1ccc(Cl)cc1Cl)C(=O)CN(c1cccc(C(F)(F)F)c1)S(C)(=O)=O. The number of carbonyl (C=O) groups excluding carboxylic acids is 2. The third kappa shape index (κ3) is 8.12. The van der Waals surface area contributed by atoms with Crippen LogP contribution in [0.4, 0.5) is 18.9 Å². The summed E-state index contributed by atoms with van der Waals surface area (Å²) in [7, 11) is -2.84. The number of hydrogen-bond acceptors (Lipinski definition) is 4. The third-order valence-electron chi connectivity index (χ3n) is 6.01. The van der Waals surface area contributed by atoms with Gasteiger partial charge in [0.1, 0.15) is 12.6 Å². The minimum atomic E-state index is -4.74. The highest BCUT2D eigenvalue weighted by Gasteiger charge is 2.35. The van der Waals surface area contributed by atoms with Crippen LogP contribution in [0.1, 0.15) is 16.7 Å². The summed E-state index contributed by atoms with van der Waals surface area (Å²) in [4.78, 5) is 28.1. The van der Waals surface area contributed by atoms with Gasteiger partial charge in [0.05, 0.1) is 17.5 Å². The fraction of sp³-hybridized carbons (Fsp3) is 0.259. The standard InChI is InChI=1S/C27H26Cl2F3N3O4S/c1-33-26(37)24(13-18-7-4-3-5-8-18)34(16-19-11-12-21(28)15-23(19)29)25(36)17-35(40(2,38)39)22-10-6-9-20(14-22)27(30,31)32/h3-12,14-15,24H,13,16-17H2,1-2H3,(H,33,37)/t24-/m0/s1. The molecule has 3 aromatic carbocycles. The predicted octanol–water partition coefficient (Wildman–Crippen LogP) is 5.16. The predicted molar refractivity (Wildman–Crippen MR) is 149 cm³/mol. The number of amides is 2. The topological polar surface area (TPSA) is 86.8 Å². The molecular weight excluding hydrogens is 590 g/mol. The largest absolute Gasteiger partial charge is 0.416 e. The van der Waals surface area contributed by atoms with Crippen molar-refractivity contribution in [3.8, 4) is 0 Å². The summed E-state index contributed by atoms with van der Waals surface area (Å²) in [6.45, 7) is -1.08. The lowest BCUT2D eigenvalue weighted by molar-refractivity contribution is -0.139. The molecule has 0 aliphatic rings. The van der Waals surface area contributed by atoms with Gasteiger partial charge in [-0.25, -0.2) is 8.42 Å². The Labute approximate surface area is 240 Å². The van der Waals surface area contributed by atoms with Crippen LogP contribution in [0.5, 0.6) is 0 Å². The van der Waals surface area contributed by atoms with Crippen LogP contribution in [0, 0.1) is 0 Å². The number of rotatable bonds is 10. The van der Waals surface area contributed by atoms with Crippen molar-refractivity contribution in [1.29, 1.82) is 0 Å². The Balaban J connectivity index is 2.08. The number of sulfonamides is 1. The van der Waals surface area contributed by atoms with Gasteiger partial charge in [-0.2, -0.15) is 13.2 Å². The minimum Gasteiger partial charge on any atom is -0.357 e. The number of anilines is 1. The van der Waals surface area contributed by atoms with E-state index in [4.69, 9.17) is 23.2 Å². The molecule has 0 aliphatic carbocycles. The molecule has 0 unspecified atom stereocenters. The van der Waals surface area contributed by atoms with Crippen molar-refractivity contribution < 1.29 is 31.2 Å². The smallest absolute Gasteiger partial charge is 0.357 e. The first-order valence-corrected chi connectivity index (χ1v) is 14.4. The van der Waals surface area contributed by atoms with Crippen molar-refractivity contribution in [3.63, 3.8) is 0 Å². The third-order valence-corrected chi connectivity index (χ3v) is 7.74. The quantitative estimate of drug-likeness (QED) is 0.341. The van der Waals surface area contributed by atoms with E-state index in [1.807, 2.05) is 0 Å². The summed E-state index contributed by atoms with van der Waals surface area (Å²) < 4.78 is 66.1. The minimum absolute atomic E-state index is 0.0693. The van der Waals surface area contributed by atoms with E-state index in [1.54, 1.807) is 42.5 Å². The van der Waals surface area contributed by atoms with Crippen molar-refractivity contribution in [3.05, 3.63) is 99.5 Å². The highest BCUT2D eigenvalue weighted by Crippen LogP contribution is 2.32. The van der Waals surface area contributed by atoms with Gasteiger partial charge in [-0.05, 0) is 41.5 Å². The van der Waals surface area contributed by atoms with Crippen molar-refractivity contribution in [2.24, 2.45) is 0 Å². The van der Waals surface area contributed by atoms with E-state index in [0.717, 1.165) is 29.4 Å². The Morgan fingerprint density at radius 3 is 2.23 bits per heavy atom. The summed E-state index contributed by atoms with van der Waals surface area (Å²) in [6.07, 6.45) is -3.89. The number of nitrogens with zero attached hydrogens (tertiary/aromatic N) is 2. The maximum Gasteiger partial charge on any atom is 0.416 e. The van der Waals surface area contributed by atoms with Crippen LogP contribution < -0.4 is 9.62 Å². The van der Waals surface area contributed by atoms with E-state index >= 15 is 0 Å². The summed E-state index contributed by atoms with van der Waals surface area (Å²) in [5, 5.41) is 3.07. The van der Waals surface area contributed by atoms with E-state index in [-0.39, 0.29) is 23.7 Å². The molecule has 214 valence electrons. The lowest BCUT2D eigenvalue weighted by atomic mass is 10.0. The molecule has 0 fully saturated rings. The van der Waals surface area contributed by atoms with Crippen LogP contribution in [-0.2, 0) is 38.8 Å². The number of halogens is 5. The van der Waals surface area contributed by atoms with Crippen molar-refractivity contribution in [1.82, 2.24) is 10.2 Å². The first-order chi connectivity index (χ1) is 18.7. The van der Waals surface area contributed by atoms with Crippen LogP contribution in [-0.4, -0.2) is 51.0 Å². The molecule has 1 atom stereocenters. The van der Waals surface area contributed by atoms with Crippen LogP contribution in [0.3, 0.4) is 0 Å². The van der Waals surface area contributed by atoms with E-state index in [0.29, 0.717) is 26.5 Å². The Bertz CT molecular complexity index is 1470. The zero-order chi connectivity index (χ0) is 29.7. The Hall–Kier alpha value is -3.28. The van der Waals surface area contributed by atoms with Gasteiger partial charge in [-0.15, -0.1) is 0 Å². The molecule has 7 nitrogen and oxygen atoms in total. The first-order valence-electron chi connectivity index (χ1n) is 11.8. The highest BCUT2D eigenvalue weighted by molar-refractivity contribution is 7.92. The number of benzene rings is 3. The Morgan fingerprint density at radius 2 is 1.65 bits per heavy atom. The average Bonchev–Trinajstić information content (AvgIpc) is 2.89. The van der Waals surface area contributed by atoms with Crippen LogP contribution in [0.25, 0.3) is 0 Å². The fourth-order valence-corrected chi connectivity index (χ4v) is 5.31. The molecule has 0 aromatic heterocycles. The molecule has 0 radical (unpaired) electrons. The molecule has 3 aromatic rings. The molecule has 2 amide bonds. The monoisotopic (exact) mass is 615 g/mol. The second kappa shape index (κ2) is 12.9. The maximum absolute atomic E-state index is 13.8. The summed E-state index contributed by atoms with van der Waals surface area (Å²) in [5.74, 6) is -1.37. The number of hydrogen-bond donors (Lipinski definition) is 1. The zero-order valence-corrected chi connectivity index (χ0v) is 23.8. The molecule has 40 heavy (non-hydrogen) atoms. The summed E-state index contributed by atoms with van der Waals surface area (Å²) >= 11 is 12.4. The van der Waals surface area contributed by atoms with Gasteiger partial charge in [0.15, 0.2) is 0 Å². The molecular formula is C27H26Cl2F3N3O4S. The fourth-order valence-electron chi connectivity index (χ4n) is 4.01. The second-order valence-corrected chi connectivity index (χ2v) is 11.6. The molecule has 0 bridgehead atoms. The average molecular weight is 616 g/mol. The van der Waals surface area contributed by atoms with Gasteiger partial charge < -0.3 is 10.2 Å². The number of likely N-dealkylation sites (N-methyl/N-ethyl adjacent to an activating group) is 1. The van der Waals surface area contributed by atoms with Gasteiger partial charge in [0, 0.05) is 30.1 Å². The number of alkyl halides is 3. The van der Waals surface area contributed by atoms with E-state index in [2.05, 4.69) is 5.32 Å². The molecule has 0 saturated heterocycles. The van der Waals surface area contributed by atoms with Crippen LogP contribution >= 0.6 is 23.2 Å². The lowest BCUT2D eigenvalue weighted by Gasteiger charge is -2.33. The van der Waals surface area contributed by atoms with E-state index < -0.39 is 46.2 Å². The van der Waals surface area contributed by atoms with E-state index in [1.165, 1.54) is 13.1 Å². The molecule has 0 aliphatic heterocycles. The normalized spacial score (nSPS) is 12.5. The van der Waals surface area contributed by atoms with E-state index in [9.17, 15) is 31.2 Å². The lowest BCUT2D eigenvalue weighted by Crippen LogP contribution is -2.53. The van der Waals surface area contributed by atoms with Gasteiger partial charge in [-0.1, -0.05) is 65.7 Å². The van der Waals surface area contributed by atoms with Crippen molar-refractivity contribution in [2.45, 2.75) is 25.2 Å². The molecule has 3 rings (SSSR count). The van der Waals surface area contributed by atoms with Gasteiger partial charge >= 0.3 is 6.18 Å². The van der Waals surface area contributed by atoms with Gasteiger partial charge in [-0.3, -0.25) is 13.9 Å². The van der Waals surface area contributed by atoms with Gasteiger partial charge in [0.2, 0.25) is 21.8 Å². The Kier molecular flexibility index (Phi) is 10.1. The first kappa shape index (κ1) is 31.3. The zero-order valence-electron chi connectivity index (χ0n) is 21.5. The van der Waals surface area contributed by atoms with Crippen molar-refractivity contribution >= 4 is 50.7 Å². The number of nitrogens with one attached hydrogen (secondary N) is 1. The number of carbonyl (C=O) groups is 2. The van der Waals surface area contributed by atoms with Gasteiger partial charge in [0.25, 0.3) is 0 Å². The second-order valence-electron chi connectivity index (χ2n) is 8.89. The maximum atomic E-state index is 13.8. The Morgan fingerprint density at radius 1 is 0.975 bits per heavy atom. The van der Waals surface area contributed by atoms with Crippen LogP contribution in [0.2, 0.25) is 10.0 Å².